The molecule has 2 N–H and O–H groups in total. The van der Waals surface area contributed by atoms with Crippen molar-refractivity contribution < 1.29 is 9.53 Å². The van der Waals surface area contributed by atoms with Gasteiger partial charge in [-0.2, -0.15) is 0 Å². The molecule has 2 heterocycles. The van der Waals surface area contributed by atoms with Crippen molar-refractivity contribution in [2.24, 2.45) is 0 Å². The second-order valence-electron chi connectivity index (χ2n) is 7.85. The van der Waals surface area contributed by atoms with E-state index in [0.29, 0.717) is 22.8 Å². The highest BCUT2D eigenvalue weighted by molar-refractivity contribution is 8.00. The van der Waals surface area contributed by atoms with Crippen LogP contribution < -0.4 is 15.5 Å². The number of hydrogen-bond donors (Lipinski definition) is 1. The van der Waals surface area contributed by atoms with Gasteiger partial charge in [-0.05, 0) is 44.0 Å². The van der Waals surface area contributed by atoms with Crippen LogP contribution in [-0.2, 0) is 11.4 Å². The number of nitrogen functional groups attached to an aromatic ring is 1. The van der Waals surface area contributed by atoms with E-state index < -0.39 is 0 Å². The molecule has 2 aromatic carbocycles. The van der Waals surface area contributed by atoms with Gasteiger partial charge in [-0.15, -0.1) is 22.0 Å². The van der Waals surface area contributed by atoms with E-state index in [1.165, 1.54) is 22.0 Å². The fraction of sp³-hybridized carbons (Fsp3) is 0.348. The Morgan fingerprint density at radius 3 is 2.88 bits per heavy atom. The van der Waals surface area contributed by atoms with Gasteiger partial charge in [0.05, 0.1) is 11.4 Å². The predicted octanol–water partition coefficient (Wildman–Crippen LogP) is 4.20. The first-order valence-electron chi connectivity index (χ1n) is 10.5. The molecule has 7 nitrogen and oxygen atoms in total. The van der Waals surface area contributed by atoms with E-state index in [1.54, 1.807) is 0 Å². The molecular formula is C23H27N5O2S2. The van der Waals surface area contributed by atoms with Gasteiger partial charge in [-0.3, -0.25) is 4.79 Å². The number of para-hydroxylation sites is 1. The van der Waals surface area contributed by atoms with E-state index in [1.807, 2.05) is 60.8 Å². The number of benzene rings is 2. The van der Waals surface area contributed by atoms with Crippen molar-refractivity contribution in [2.45, 2.75) is 49.1 Å². The molecule has 0 radical (unpaired) electrons. The van der Waals surface area contributed by atoms with Crippen LogP contribution in [0.1, 0.15) is 30.3 Å². The van der Waals surface area contributed by atoms with Crippen LogP contribution in [0.15, 0.2) is 52.5 Å². The minimum atomic E-state index is 0.0354. The van der Waals surface area contributed by atoms with E-state index >= 15 is 0 Å². The summed E-state index contributed by atoms with van der Waals surface area (Å²) in [6.45, 7) is 7.15. The molecule has 1 atom stereocenters. The van der Waals surface area contributed by atoms with Crippen LogP contribution in [-0.4, -0.2) is 38.3 Å². The number of ether oxygens (including phenoxy) is 1. The fourth-order valence-corrected chi connectivity index (χ4v) is 5.42. The van der Waals surface area contributed by atoms with E-state index in [2.05, 4.69) is 29.3 Å². The van der Waals surface area contributed by atoms with E-state index in [9.17, 15) is 4.79 Å². The van der Waals surface area contributed by atoms with Gasteiger partial charge in [0.2, 0.25) is 11.1 Å². The Labute approximate surface area is 196 Å². The van der Waals surface area contributed by atoms with Gasteiger partial charge in [0, 0.05) is 16.7 Å². The Hall–Kier alpha value is -2.65. The highest BCUT2D eigenvalue weighted by Gasteiger charge is 2.24. The predicted molar refractivity (Wildman–Crippen MR) is 130 cm³/mol. The van der Waals surface area contributed by atoms with E-state index in [0.717, 1.165) is 28.3 Å². The molecular weight excluding hydrogens is 442 g/mol. The first kappa shape index (κ1) is 22.5. The van der Waals surface area contributed by atoms with Gasteiger partial charge in [0.1, 0.15) is 12.4 Å². The second-order valence-corrected chi connectivity index (χ2v) is 10.3. The van der Waals surface area contributed by atoms with Gasteiger partial charge < -0.3 is 15.5 Å². The average molecular weight is 470 g/mol. The molecule has 1 aliphatic rings. The molecule has 1 aromatic heterocycles. The smallest absolute Gasteiger partial charge is 0.237 e. The molecule has 0 saturated carbocycles. The molecule has 0 aliphatic carbocycles. The lowest BCUT2D eigenvalue weighted by Gasteiger charge is -2.22. The summed E-state index contributed by atoms with van der Waals surface area (Å²) >= 11 is 3.11. The van der Waals surface area contributed by atoms with Crippen LogP contribution >= 0.6 is 23.5 Å². The highest BCUT2D eigenvalue weighted by Crippen LogP contribution is 2.37. The Kier molecular flexibility index (Phi) is 6.95. The molecule has 0 saturated heterocycles. The topological polar surface area (TPSA) is 86.3 Å². The van der Waals surface area contributed by atoms with Crippen molar-refractivity contribution in [1.29, 1.82) is 0 Å². The fourth-order valence-electron chi connectivity index (χ4n) is 3.56. The number of rotatable bonds is 6. The number of nitrogens with zero attached hydrogens (tertiary/aromatic N) is 4. The highest BCUT2D eigenvalue weighted by atomic mass is 32.2. The zero-order valence-electron chi connectivity index (χ0n) is 18.4. The van der Waals surface area contributed by atoms with Gasteiger partial charge in [0.25, 0.3) is 0 Å². The summed E-state index contributed by atoms with van der Waals surface area (Å²) in [7, 11) is 0. The molecule has 4 rings (SSSR count). The maximum Gasteiger partial charge on any atom is 0.237 e. The summed E-state index contributed by atoms with van der Waals surface area (Å²) in [5, 5.41) is 9.25. The normalized spacial score (nSPS) is 15.8. The van der Waals surface area contributed by atoms with Crippen molar-refractivity contribution in [3.63, 3.8) is 0 Å². The molecule has 0 fully saturated rings. The van der Waals surface area contributed by atoms with Crippen molar-refractivity contribution in [3.05, 3.63) is 59.4 Å². The average Bonchev–Trinajstić information content (AvgIpc) is 3.02. The molecule has 32 heavy (non-hydrogen) atoms. The lowest BCUT2D eigenvalue weighted by Crippen LogP contribution is -2.33. The third-order valence-corrected chi connectivity index (χ3v) is 7.46. The first-order valence-corrected chi connectivity index (χ1v) is 12.4. The zero-order chi connectivity index (χ0) is 22.7. The number of amides is 1. The summed E-state index contributed by atoms with van der Waals surface area (Å²) in [6, 6.07) is 14.1. The number of carbonyl (C=O) groups is 1. The molecule has 1 amide bonds. The quantitative estimate of drug-likeness (QED) is 0.428. The van der Waals surface area contributed by atoms with Crippen molar-refractivity contribution in [2.75, 3.05) is 23.0 Å². The van der Waals surface area contributed by atoms with Crippen LogP contribution in [0.4, 0.5) is 5.69 Å². The Balaban J connectivity index is 1.39. The number of aryl methyl sites for hydroxylation is 2. The number of aromatic nitrogens is 3. The molecule has 1 aliphatic heterocycles. The van der Waals surface area contributed by atoms with Crippen molar-refractivity contribution in [1.82, 2.24) is 14.9 Å². The summed E-state index contributed by atoms with van der Waals surface area (Å²) in [5.74, 6) is 7.74. The Bertz CT molecular complexity index is 1120. The first-order chi connectivity index (χ1) is 15.4. The standard InChI is InChI=1S/C23H27N5O2S2/c1-15-8-9-19(16(2)12-15)30-13-21-25-26-23(28(21)24)31-14-22(29)27-11-10-17(3)32-20-7-5-4-6-18(20)27/h4-9,12,17H,10-11,13-14,24H2,1-3H3/t17-/m1/s1. The molecule has 0 unspecified atom stereocenters. The van der Waals surface area contributed by atoms with Crippen LogP contribution in [0.3, 0.4) is 0 Å². The SMILES string of the molecule is Cc1ccc(OCc2nnc(SCC(=O)N3CC[C@@H](C)Sc4ccccc43)n2N)c(C)c1. The minimum Gasteiger partial charge on any atom is -0.485 e. The van der Waals surface area contributed by atoms with E-state index in [-0.39, 0.29) is 18.3 Å². The van der Waals surface area contributed by atoms with Gasteiger partial charge >= 0.3 is 0 Å². The summed E-state index contributed by atoms with van der Waals surface area (Å²) in [6.07, 6.45) is 0.947. The maximum atomic E-state index is 13.1. The number of carbonyl (C=O) groups excluding carboxylic acids is 1. The number of thioether (sulfide) groups is 2. The number of nitrogens with two attached hydrogens (primary N) is 1. The zero-order valence-corrected chi connectivity index (χ0v) is 20.1. The van der Waals surface area contributed by atoms with E-state index in [4.69, 9.17) is 10.6 Å². The van der Waals surface area contributed by atoms with Gasteiger partial charge in [0.15, 0.2) is 5.82 Å². The summed E-state index contributed by atoms with van der Waals surface area (Å²) in [4.78, 5) is 16.1. The van der Waals surface area contributed by atoms with Crippen LogP contribution in [0.5, 0.6) is 5.75 Å². The molecule has 9 heteroatoms. The number of hydrogen-bond acceptors (Lipinski definition) is 7. The molecule has 3 aromatic rings. The Morgan fingerprint density at radius 2 is 2.06 bits per heavy atom. The van der Waals surface area contributed by atoms with Crippen molar-refractivity contribution in [3.8, 4) is 5.75 Å². The van der Waals surface area contributed by atoms with Crippen molar-refractivity contribution >= 4 is 35.1 Å². The number of fused-ring (bicyclic) bond motifs is 1. The summed E-state index contributed by atoms with van der Waals surface area (Å²) in [5.41, 5.74) is 3.21. The lowest BCUT2D eigenvalue weighted by atomic mass is 10.1. The molecule has 0 spiro atoms. The lowest BCUT2D eigenvalue weighted by molar-refractivity contribution is -0.116. The third-order valence-electron chi connectivity index (χ3n) is 5.29. The molecule has 0 bridgehead atoms. The van der Waals surface area contributed by atoms with Crippen LogP contribution in [0.25, 0.3) is 0 Å². The van der Waals surface area contributed by atoms with Gasteiger partial charge in [-0.1, -0.05) is 48.5 Å². The summed E-state index contributed by atoms with van der Waals surface area (Å²) < 4.78 is 7.26. The van der Waals surface area contributed by atoms with Crippen LogP contribution in [0, 0.1) is 13.8 Å². The van der Waals surface area contributed by atoms with Crippen LogP contribution in [0.2, 0.25) is 0 Å². The minimum absolute atomic E-state index is 0.0354. The van der Waals surface area contributed by atoms with Gasteiger partial charge in [-0.25, -0.2) is 4.68 Å². The monoisotopic (exact) mass is 469 g/mol. The largest absolute Gasteiger partial charge is 0.485 e. The molecule has 168 valence electrons. The Morgan fingerprint density at radius 1 is 1.25 bits per heavy atom. The number of anilines is 1. The maximum absolute atomic E-state index is 13.1. The third kappa shape index (κ3) is 5.05. The second kappa shape index (κ2) is 9.87.